The van der Waals surface area contributed by atoms with Gasteiger partial charge in [-0.05, 0) is 18.2 Å². The van der Waals surface area contributed by atoms with Crippen LogP contribution in [0.5, 0.6) is 0 Å². The number of aromatic nitrogens is 1. The predicted molar refractivity (Wildman–Crippen MR) is 83.0 cm³/mol. The Bertz CT molecular complexity index is 609. The van der Waals surface area contributed by atoms with Crippen LogP contribution in [0.2, 0.25) is 0 Å². The normalized spacial score (nSPS) is 15.3. The molecular weight excluding hydrogens is 267 g/mol. The number of hydrogen-bond donors (Lipinski definition) is 1. The van der Waals surface area contributed by atoms with E-state index in [9.17, 15) is 4.39 Å². The highest BCUT2D eigenvalue weighted by molar-refractivity contribution is 5.52. The summed E-state index contributed by atoms with van der Waals surface area (Å²) in [6, 6.07) is 10.8. The van der Waals surface area contributed by atoms with Crippen LogP contribution >= 0.6 is 0 Å². The minimum atomic E-state index is -0.161. The molecule has 1 aromatic carbocycles. The zero-order valence-corrected chi connectivity index (χ0v) is 11.9. The van der Waals surface area contributed by atoms with E-state index in [0.29, 0.717) is 12.2 Å². The van der Waals surface area contributed by atoms with E-state index in [1.165, 1.54) is 6.07 Å². The average molecular weight is 286 g/mol. The van der Waals surface area contributed by atoms with Crippen molar-refractivity contribution in [1.82, 2.24) is 4.98 Å². The molecule has 5 heteroatoms. The van der Waals surface area contributed by atoms with Crippen molar-refractivity contribution in [3.63, 3.8) is 0 Å². The van der Waals surface area contributed by atoms with E-state index in [1.54, 1.807) is 12.3 Å². The molecule has 0 spiro atoms. The first-order valence-corrected chi connectivity index (χ1v) is 7.18. The first kappa shape index (κ1) is 13.8. The summed E-state index contributed by atoms with van der Waals surface area (Å²) >= 11 is 0. The number of benzene rings is 1. The lowest BCUT2D eigenvalue weighted by Crippen LogP contribution is -2.47. The van der Waals surface area contributed by atoms with Gasteiger partial charge >= 0.3 is 0 Å². The Morgan fingerprint density at radius 3 is 2.43 bits per heavy atom. The maximum Gasteiger partial charge on any atom is 0.146 e. The number of nitrogens with two attached hydrogens (primary N) is 1. The molecule has 0 atom stereocenters. The Labute approximate surface area is 124 Å². The Balaban J connectivity index is 1.72. The molecule has 0 radical (unpaired) electrons. The molecule has 0 bridgehead atoms. The van der Waals surface area contributed by atoms with Crippen LogP contribution in [0.1, 0.15) is 5.56 Å². The number of pyridine rings is 1. The molecule has 0 unspecified atom stereocenters. The summed E-state index contributed by atoms with van der Waals surface area (Å²) in [5.74, 6) is 0.791. The monoisotopic (exact) mass is 286 g/mol. The van der Waals surface area contributed by atoms with Crippen LogP contribution < -0.4 is 15.5 Å². The Kier molecular flexibility index (Phi) is 4.01. The molecular formula is C16H19FN4. The molecule has 3 rings (SSSR count). The second-order valence-electron chi connectivity index (χ2n) is 5.12. The van der Waals surface area contributed by atoms with Gasteiger partial charge in [0.05, 0.1) is 5.69 Å². The highest BCUT2D eigenvalue weighted by atomic mass is 19.1. The molecule has 1 fully saturated rings. The molecule has 1 aliphatic rings. The number of halogens is 1. The fourth-order valence-corrected chi connectivity index (χ4v) is 2.74. The molecule has 2 aromatic rings. The highest BCUT2D eigenvalue weighted by Gasteiger charge is 2.21. The van der Waals surface area contributed by atoms with Crippen LogP contribution in [0.25, 0.3) is 0 Å². The van der Waals surface area contributed by atoms with Gasteiger partial charge in [0.2, 0.25) is 0 Å². The maximum absolute atomic E-state index is 13.8. The third-order valence-corrected chi connectivity index (χ3v) is 3.86. The van der Waals surface area contributed by atoms with Crippen LogP contribution in [-0.2, 0) is 6.54 Å². The van der Waals surface area contributed by atoms with Crippen molar-refractivity contribution >= 4 is 11.5 Å². The standard InChI is InChI=1S/C16H19FN4/c17-14-5-1-2-6-15(14)20-8-10-21(11-9-20)16-13(12-18)4-3-7-19-16/h1-7H,8-12,18H2. The Morgan fingerprint density at radius 2 is 1.71 bits per heavy atom. The van der Waals surface area contributed by atoms with Crippen molar-refractivity contribution in [3.8, 4) is 0 Å². The van der Waals surface area contributed by atoms with Crippen molar-refractivity contribution in [2.45, 2.75) is 6.54 Å². The Morgan fingerprint density at radius 1 is 1.00 bits per heavy atom. The van der Waals surface area contributed by atoms with E-state index in [1.807, 2.05) is 24.3 Å². The molecule has 1 saturated heterocycles. The molecule has 21 heavy (non-hydrogen) atoms. The molecule has 1 aromatic heterocycles. The molecule has 0 aliphatic carbocycles. The topological polar surface area (TPSA) is 45.4 Å². The second kappa shape index (κ2) is 6.10. The number of para-hydroxylation sites is 1. The largest absolute Gasteiger partial charge is 0.366 e. The molecule has 2 heterocycles. The van der Waals surface area contributed by atoms with Crippen molar-refractivity contribution in [1.29, 1.82) is 0 Å². The van der Waals surface area contributed by atoms with Gasteiger partial charge in [0.1, 0.15) is 11.6 Å². The van der Waals surface area contributed by atoms with E-state index in [4.69, 9.17) is 5.73 Å². The summed E-state index contributed by atoms with van der Waals surface area (Å²) in [7, 11) is 0. The quantitative estimate of drug-likeness (QED) is 0.937. The molecule has 1 aliphatic heterocycles. The minimum Gasteiger partial charge on any atom is -0.366 e. The summed E-state index contributed by atoms with van der Waals surface area (Å²) in [4.78, 5) is 8.74. The molecule has 0 amide bonds. The number of anilines is 2. The molecule has 110 valence electrons. The number of hydrogen-bond acceptors (Lipinski definition) is 4. The van der Waals surface area contributed by atoms with Crippen molar-refractivity contribution in [2.24, 2.45) is 5.73 Å². The fourth-order valence-electron chi connectivity index (χ4n) is 2.74. The summed E-state index contributed by atoms with van der Waals surface area (Å²) in [6.07, 6.45) is 1.79. The van der Waals surface area contributed by atoms with Crippen molar-refractivity contribution < 1.29 is 4.39 Å². The third-order valence-electron chi connectivity index (χ3n) is 3.86. The average Bonchev–Trinajstić information content (AvgIpc) is 2.55. The zero-order chi connectivity index (χ0) is 14.7. The van der Waals surface area contributed by atoms with E-state index in [0.717, 1.165) is 37.6 Å². The lowest BCUT2D eigenvalue weighted by Gasteiger charge is -2.37. The second-order valence-corrected chi connectivity index (χ2v) is 5.12. The van der Waals surface area contributed by atoms with Crippen LogP contribution in [0.4, 0.5) is 15.9 Å². The van der Waals surface area contributed by atoms with Gasteiger partial charge in [-0.3, -0.25) is 0 Å². The van der Waals surface area contributed by atoms with E-state index in [2.05, 4.69) is 14.8 Å². The van der Waals surface area contributed by atoms with E-state index >= 15 is 0 Å². The Hall–Kier alpha value is -2.14. The van der Waals surface area contributed by atoms with Gasteiger partial charge in [-0.1, -0.05) is 18.2 Å². The molecule has 4 nitrogen and oxygen atoms in total. The summed E-state index contributed by atoms with van der Waals surface area (Å²) < 4.78 is 13.8. The smallest absolute Gasteiger partial charge is 0.146 e. The number of rotatable bonds is 3. The lowest BCUT2D eigenvalue weighted by molar-refractivity contribution is 0.595. The van der Waals surface area contributed by atoms with Gasteiger partial charge in [-0.2, -0.15) is 0 Å². The fraction of sp³-hybridized carbons (Fsp3) is 0.312. The van der Waals surface area contributed by atoms with Crippen LogP contribution in [0, 0.1) is 5.82 Å². The van der Waals surface area contributed by atoms with Gasteiger partial charge in [-0.15, -0.1) is 0 Å². The maximum atomic E-state index is 13.8. The number of piperazine rings is 1. The van der Waals surface area contributed by atoms with Crippen molar-refractivity contribution in [3.05, 3.63) is 54.0 Å². The summed E-state index contributed by atoms with van der Waals surface area (Å²) in [6.45, 7) is 3.68. The molecule has 2 N–H and O–H groups in total. The summed E-state index contributed by atoms with van der Waals surface area (Å²) in [5, 5.41) is 0. The van der Waals surface area contributed by atoms with Crippen LogP contribution in [-0.4, -0.2) is 31.2 Å². The summed E-state index contributed by atoms with van der Waals surface area (Å²) in [5.41, 5.74) is 7.50. The van der Waals surface area contributed by atoms with Gasteiger partial charge in [0.15, 0.2) is 0 Å². The van der Waals surface area contributed by atoms with Gasteiger partial charge in [0, 0.05) is 44.5 Å². The van der Waals surface area contributed by atoms with E-state index in [-0.39, 0.29) is 5.82 Å². The highest BCUT2D eigenvalue weighted by Crippen LogP contribution is 2.23. The van der Waals surface area contributed by atoms with Gasteiger partial charge < -0.3 is 15.5 Å². The first-order valence-electron chi connectivity index (χ1n) is 7.18. The zero-order valence-electron chi connectivity index (χ0n) is 11.9. The molecule has 0 saturated carbocycles. The third kappa shape index (κ3) is 2.83. The van der Waals surface area contributed by atoms with Gasteiger partial charge in [0.25, 0.3) is 0 Å². The lowest BCUT2D eigenvalue weighted by atomic mass is 10.2. The predicted octanol–water partition coefficient (Wildman–Crippen LogP) is 2.01. The van der Waals surface area contributed by atoms with Crippen LogP contribution in [0.3, 0.4) is 0 Å². The van der Waals surface area contributed by atoms with Crippen LogP contribution in [0.15, 0.2) is 42.6 Å². The SMILES string of the molecule is NCc1cccnc1N1CCN(c2ccccc2F)CC1. The number of nitrogens with zero attached hydrogens (tertiary/aromatic N) is 3. The van der Waals surface area contributed by atoms with Gasteiger partial charge in [-0.25, -0.2) is 9.37 Å². The van der Waals surface area contributed by atoms with Crippen molar-refractivity contribution in [2.75, 3.05) is 36.0 Å². The first-order chi connectivity index (χ1) is 10.3. The minimum absolute atomic E-state index is 0.161. The van der Waals surface area contributed by atoms with E-state index < -0.39 is 0 Å².